The number of hydrogen-bond donors (Lipinski definition) is 0. The van der Waals surface area contributed by atoms with Crippen molar-refractivity contribution in [2.24, 2.45) is 0 Å². The summed E-state index contributed by atoms with van der Waals surface area (Å²) in [7, 11) is -0.979. The van der Waals surface area contributed by atoms with Crippen LogP contribution in [0.15, 0.2) is 29.1 Å². The van der Waals surface area contributed by atoms with Gasteiger partial charge in [0.1, 0.15) is 5.82 Å². The van der Waals surface area contributed by atoms with Crippen molar-refractivity contribution in [2.75, 3.05) is 12.0 Å². The number of hydrogen-bond acceptors (Lipinski definition) is 3. The Morgan fingerprint density at radius 2 is 2.11 bits per heavy atom. The Labute approximate surface area is 118 Å². The van der Waals surface area contributed by atoms with Gasteiger partial charge >= 0.3 is 0 Å². The van der Waals surface area contributed by atoms with Gasteiger partial charge in [-0.05, 0) is 19.1 Å². The molecule has 0 amide bonds. The van der Waals surface area contributed by atoms with E-state index in [4.69, 9.17) is 11.6 Å². The monoisotopic (exact) mass is 298 g/mol. The largest absolute Gasteiger partial charge is 0.291 e. The molecule has 1 heterocycles. The van der Waals surface area contributed by atoms with Crippen molar-refractivity contribution in [1.29, 1.82) is 0 Å². The van der Waals surface area contributed by atoms with Crippen molar-refractivity contribution in [2.45, 2.75) is 18.8 Å². The number of aromatic nitrogens is 2. The highest BCUT2D eigenvalue weighted by Crippen LogP contribution is 2.14. The lowest BCUT2D eigenvalue weighted by molar-refractivity contribution is 0.553. The highest BCUT2D eigenvalue weighted by Gasteiger charge is 2.16. The number of rotatable bonds is 4. The minimum absolute atomic E-state index is 0.126. The third-order valence-corrected chi connectivity index (χ3v) is 4.11. The van der Waals surface area contributed by atoms with E-state index in [2.05, 4.69) is 4.98 Å². The summed E-state index contributed by atoms with van der Waals surface area (Å²) in [4.78, 5) is 16.9. The highest BCUT2D eigenvalue weighted by molar-refractivity contribution is 7.84. The third-order valence-electron chi connectivity index (χ3n) is 2.92. The zero-order valence-electron chi connectivity index (χ0n) is 10.8. The minimum Gasteiger partial charge on any atom is -0.291 e. The number of halogens is 1. The molecule has 0 fully saturated rings. The standard InChI is InChI=1S/C13H15ClN2O2S/c1-9(8-19(2)18)16-12(7-14)15-11-6-4-3-5-10(11)13(16)17/h3-6,9H,7-8H2,1-2H3. The second kappa shape index (κ2) is 5.84. The summed E-state index contributed by atoms with van der Waals surface area (Å²) in [5, 5.41) is 0.560. The fourth-order valence-corrected chi connectivity index (χ4v) is 3.17. The maximum atomic E-state index is 12.5. The van der Waals surface area contributed by atoms with Crippen LogP contribution in [0.1, 0.15) is 18.8 Å². The van der Waals surface area contributed by atoms with Gasteiger partial charge in [0.05, 0.1) is 16.8 Å². The van der Waals surface area contributed by atoms with E-state index in [0.717, 1.165) is 0 Å². The Bertz CT molecular complexity index is 684. The first-order chi connectivity index (χ1) is 9.04. The molecular weight excluding hydrogens is 284 g/mol. The summed E-state index contributed by atoms with van der Waals surface area (Å²) in [5.41, 5.74) is 0.517. The average molecular weight is 299 g/mol. The molecule has 6 heteroatoms. The van der Waals surface area contributed by atoms with Crippen molar-refractivity contribution in [3.8, 4) is 0 Å². The summed E-state index contributed by atoms with van der Waals surface area (Å²) in [5.74, 6) is 1.08. The molecule has 2 aromatic rings. The molecule has 0 saturated carbocycles. The van der Waals surface area contributed by atoms with Crippen LogP contribution in [0.25, 0.3) is 10.9 Å². The smallest absolute Gasteiger partial charge is 0.261 e. The second-order valence-corrected chi connectivity index (χ2v) is 6.19. The van der Waals surface area contributed by atoms with Gasteiger partial charge in [-0.2, -0.15) is 0 Å². The number of fused-ring (bicyclic) bond motifs is 1. The Kier molecular flexibility index (Phi) is 4.37. The zero-order chi connectivity index (χ0) is 14.0. The number of alkyl halides is 1. The topological polar surface area (TPSA) is 52.0 Å². The minimum atomic E-state index is -0.979. The predicted molar refractivity (Wildman–Crippen MR) is 79.2 cm³/mol. The van der Waals surface area contributed by atoms with Crippen LogP contribution in [0.2, 0.25) is 0 Å². The van der Waals surface area contributed by atoms with Crippen molar-refractivity contribution in [1.82, 2.24) is 9.55 Å². The molecule has 0 radical (unpaired) electrons. The molecule has 0 aliphatic rings. The van der Waals surface area contributed by atoms with Gasteiger partial charge in [-0.25, -0.2) is 4.98 Å². The molecule has 2 unspecified atom stereocenters. The molecule has 2 rings (SSSR count). The molecule has 0 N–H and O–H groups in total. The molecule has 4 nitrogen and oxygen atoms in total. The number of nitrogens with zero attached hydrogens (tertiary/aromatic N) is 2. The number of benzene rings is 1. The Hall–Kier alpha value is -1.20. The van der Waals surface area contributed by atoms with Crippen molar-refractivity contribution >= 4 is 33.3 Å². The number of para-hydroxylation sites is 1. The van der Waals surface area contributed by atoms with Crippen LogP contribution in [0, 0.1) is 0 Å². The van der Waals surface area contributed by atoms with E-state index < -0.39 is 10.8 Å². The van der Waals surface area contributed by atoms with E-state index in [1.54, 1.807) is 29.0 Å². The second-order valence-electron chi connectivity index (χ2n) is 4.44. The maximum absolute atomic E-state index is 12.5. The maximum Gasteiger partial charge on any atom is 0.261 e. The van der Waals surface area contributed by atoms with Crippen LogP contribution in [0.3, 0.4) is 0 Å². The Morgan fingerprint density at radius 1 is 1.42 bits per heavy atom. The lowest BCUT2D eigenvalue weighted by Crippen LogP contribution is -2.30. The van der Waals surface area contributed by atoms with Gasteiger partial charge < -0.3 is 0 Å². The van der Waals surface area contributed by atoms with E-state index in [0.29, 0.717) is 22.5 Å². The molecule has 102 valence electrons. The van der Waals surface area contributed by atoms with E-state index >= 15 is 0 Å². The van der Waals surface area contributed by atoms with Crippen LogP contribution in [-0.2, 0) is 16.7 Å². The quantitative estimate of drug-likeness (QED) is 0.812. The van der Waals surface area contributed by atoms with Gasteiger partial charge in [0.15, 0.2) is 0 Å². The lowest BCUT2D eigenvalue weighted by Gasteiger charge is -2.17. The van der Waals surface area contributed by atoms with Crippen LogP contribution in [0.4, 0.5) is 0 Å². The van der Waals surface area contributed by atoms with Crippen molar-refractivity contribution in [3.63, 3.8) is 0 Å². The summed E-state index contributed by atoms with van der Waals surface area (Å²) < 4.78 is 12.9. The molecule has 0 aliphatic carbocycles. The Balaban J connectivity index is 2.67. The third kappa shape index (κ3) is 2.87. The SMILES string of the molecule is CC(CS(C)=O)n1c(CCl)nc2ccccc2c1=O. The van der Waals surface area contributed by atoms with Gasteiger partial charge in [0.25, 0.3) is 5.56 Å². The lowest BCUT2D eigenvalue weighted by atomic mass is 10.2. The molecule has 0 saturated heterocycles. The summed E-state index contributed by atoms with van der Waals surface area (Å²) in [6.45, 7) is 1.86. The Morgan fingerprint density at radius 3 is 2.74 bits per heavy atom. The molecule has 0 bridgehead atoms. The van der Waals surface area contributed by atoms with Gasteiger partial charge in [-0.15, -0.1) is 11.6 Å². The molecule has 19 heavy (non-hydrogen) atoms. The molecule has 0 spiro atoms. The summed E-state index contributed by atoms with van der Waals surface area (Å²) in [6, 6.07) is 6.99. The first kappa shape index (κ1) is 14.2. The van der Waals surface area contributed by atoms with Crippen LogP contribution >= 0.6 is 11.6 Å². The average Bonchev–Trinajstić information content (AvgIpc) is 2.37. The molecule has 1 aromatic carbocycles. The normalized spacial score (nSPS) is 14.5. The van der Waals surface area contributed by atoms with E-state index in [1.165, 1.54) is 0 Å². The first-order valence-corrected chi connectivity index (χ1v) is 8.17. The van der Waals surface area contributed by atoms with E-state index in [-0.39, 0.29) is 17.5 Å². The van der Waals surface area contributed by atoms with E-state index in [1.807, 2.05) is 13.0 Å². The predicted octanol–water partition coefficient (Wildman–Crippen LogP) is 2.07. The fraction of sp³-hybridized carbons (Fsp3) is 0.385. The molecular formula is C13H15ClN2O2S. The fourth-order valence-electron chi connectivity index (χ4n) is 2.15. The summed E-state index contributed by atoms with van der Waals surface area (Å²) >= 11 is 5.89. The van der Waals surface area contributed by atoms with Gasteiger partial charge in [-0.1, -0.05) is 12.1 Å². The van der Waals surface area contributed by atoms with Crippen LogP contribution in [0.5, 0.6) is 0 Å². The van der Waals surface area contributed by atoms with Crippen LogP contribution < -0.4 is 5.56 Å². The van der Waals surface area contributed by atoms with E-state index in [9.17, 15) is 9.00 Å². The van der Waals surface area contributed by atoms with Crippen molar-refractivity contribution in [3.05, 3.63) is 40.4 Å². The van der Waals surface area contributed by atoms with Gasteiger partial charge in [0.2, 0.25) is 0 Å². The van der Waals surface area contributed by atoms with Gasteiger partial charge in [0, 0.05) is 28.9 Å². The first-order valence-electron chi connectivity index (χ1n) is 5.90. The van der Waals surface area contributed by atoms with Crippen molar-refractivity contribution < 1.29 is 4.21 Å². The highest BCUT2D eigenvalue weighted by atomic mass is 35.5. The molecule has 1 aromatic heterocycles. The van der Waals surface area contributed by atoms with Gasteiger partial charge in [-0.3, -0.25) is 13.6 Å². The molecule has 0 aliphatic heterocycles. The summed E-state index contributed by atoms with van der Waals surface area (Å²) in [6.07, 6.45) is 1.62. The zero-order valence-corrected chi connectivity index (χ0v) is 12.4. The molecule has 2 atom stereocenters. The van der Waals surface area contributed by atoms with Crippen LogP contribution in [-0.4, -0.2) is 25.8 Å².